The highest BCUT2D eigenvalue weighted by Gasteiger charge is 2.05. The number of anilines is 2. The number of hydrogen-bond donors (Lipinski definition) is 2. The molecule has 0 radical (unpaired) electrons. The van der Waals surface area contributed by atoms with Crippen molar-refractivity contribution < 1.29 is 0 Å². The van der Waals surface area contributed by atoms with Crippen LogP contribution in [-0.4, -0.2) is 16.5 Å². The predicted molar refractivity (Wildman–Crippen MR) is 79.3 cm³/mol. The van der Waals surface area contributed by atoms with E-state index in [1.807, 2.05) is 42.9 Å². The van der Waals surface area contributed by atoms with E-state index in [-0.39, 0.29) is 6.04 Å². The van der Waals surface area contributed by atoms with Crippen molar-refractivity contribution in [3.8, 4) is 0 Å². The Bertz CT molecular complexity index is 499. The second-order valence-electron chi connectivity index (χ2n) is 4.50. The summed E-state index contributed by atoms with van der Waals surface area (Å²) in [7, 11) is 0. The van der Waals surface area contributed by atoms with Gasteiger partial charge in [-0.05, 0) is 37.1 Å². The highest BCUT2D eigenvalue weighted by Crippen LogP contribution is 2.19. The van der Waals surface area contributed by atoms with Crippen molar-refractivity contribution in [3.05, 3.63) is 48.4 Å². The van der Waals surface area contributed by atoms with Gasteiger partial charge in [0.1, 0.15) is 5.82 Å². The molecule has 1 unspecified atom stereocenters. The minimum Gasteiger partial charge on any atom is -0.378 e. The van der Waals surface area contributed by atoms with Crippen molar-refractivity contribution in [2.45, 2.75) is 26.3 Å². The van der Waals surface area contributed by atoms with Gasteiger partial charge in [0.05, 0.1) is 0 Å². The van der Waals surface area contributed by atoms with E-state index >= 15 is 0 Å². The molecule has 0 spiro atoms. The van der Waals surface area contributed by atoms with E-state index in [4.69, 9.17) is 0 Å². The first-order valence-corrected chi connectivity index (χ1v) is 6.66. The van der Waals surface area contributed by atoms with Crippen molar-refractivity contribution in [2.75, 3.05) is 17.2 Å². The molecular formula is C15H20N4. The lowest BCUT2D eigenvalue weighted by Crippen LogP contribution is -2.08. The summed E-state index contributed by atoms with van der Waals surface area (Å²) in [6.07, 6.45) is 6.54. The van der Waals surface area contributed by atoms with E-state index in [2.05, 4.69) is 34.4 Å². The highest BCUT2D eigenvalue weighted by atomic mass is 15.0. The molecule has 0 aliphatic heterocycles. The van der Waals surface area contributed by atoms with Gasteiger partial charge >= 0.3 is 0 Å². The Labute approximate surface area is 114 Å². The number of pyridine rings is 2. The monoisotopic (exact) mass is 256 g/mol. The van der Waals surface area contributed by atoms with E-state index < -0.39 is 0 Å². The van der Waals surface area contributed by atoms with Gasteiger partial charge in [-0.15, -0.1) is 0 Å². The van der Waals surface area contributed by atoms with E-state index in [1.54, 1.807) is 0 Å². The highest BCUT2D eigenvalue weighted by molar-refractivity contribution is 5.52. The molecule has 0 bridgehead atoms. The summed E-state index contributed by atoms with van der Waals surface area (Å²) < 4.78 is 0. The van der Waals surface area contributed by atoms with E-state index in [9.17, 15) is 0 Å². The van der Waals surface area contributed by atoms with Crippen molar-refractivity contribution >= 4 is 11.5 Å². The maximum absolute atomic E-state index is 4.30. The molecule has 19 heavy (non-hydrogen) atoms. The summed E-state index contributed by atoms with van der Waals surface area (Å²) in [6.45, 7) is 5.21. The zero-order valence-corrected chi connectivity index (χ0v) is 11.4. The molecule has 0 aromatic carbocycles. The molecule has 100 valence electrons. The summed E-state index contributed by atoms with van der Waals surface area (Å²) in [5, 5.41) is 6.75. The third-order valence-corrected chi connectivity index (χ3v) is 2.91. The van der Waals surface area contributed by atoms with Crippen LogP contribution in [0.1, 0.15) is 31.9 Å². The molecule has 0 fully saturated rings. The Morgan fingerprint density at radius 2 is 1.95 bits per heavy atom. The fraction of sp³-hybridized carbons (Fsp3) is 0.333. The van der Waals surface area contributed by atoms with Crippen LogP contribution < -0.4 is 10.6 Å². The number of hydrogen-bond acceptors (Lipinski definition) is 4. The molecule has 4 heteroatoms. The minimum absolute atomic E-state index is 0.240. The summed E-state index contributed by atoms with van der Waals surface area (Å²) in [5.74, 6) is 0.911. The molecule has 0 aliphatic carbocycles. The molecule has 0 saturated carbocycles. The van der Waals surface area contributed by atoms with Gasteiger partial charge in [-0.1, -0.05) is 6.92 Å². The fourth-order valence-electron chi connectivity index (χ4n) is 1.86. The smallest absolute Gasteiger partial charge is 0.127 e. The zero-order chi connectivity index (χ0) is 13.5. The lowest BCUT2D eigenvalue weighted by atomic mass is 10.1. The first-order chi connectivity index (χ1) is 9.29. The van der Waals surface area contributed by atoms with Crippen molar-refractivity contribution in [2.24, 2.45) is 0 Å². The first-order valence-electron chi connectivity index (χ1n) is 6.66. The van der Waals surface area contributed by atoms with Crippen LogP contribution in [0.4, 0.5) is 11.5 Å². The van der Waals surface area contributed by atoms with Crippen LogP contribution in [0.15, 0.2) is 42.9 Å². The van der Waals surface area contributed by atoms with Crippen LogP contribution in [0, 0.1) is 0 Å². The largest absolute Gasteiger partial charge is 0.378 e. The van der Waals surface area contributed by atoms with Gasteiger partial charge in [0, 0.05) is 42.9 Å². The van der Waals surface area contributed by atoms with Crippen LogP contribution >= 0.6 is 0 Å². The quantitative estimate of drug-likeness (QED) is 0.831. The first kappa shape index (κ1) is 13.3. The van der Waals surface area contributed by atoms with Gasteiger partial charge in [0.15, 0.2) is 0 Å². The van der Waals surface area contributed by atoms with Gasteiger partial charge in [-0.2, -0.15) is 0 Å². The third kappa shape index (κ3) is 3.95. The van der Waals surface area contributed by atoms with E-state index in [0.29, 0.717) is 0 Å². The topological polar surface area (TPSA) is 49.8 Å². The number of rotatable bonds is 6. The van der Waals surface area contributed by atoms with Crippen molar-refractivity contribution in [3.63, 3.8) is 0 Å². The normalized spacial score (nSPS) is 11.9. The molecule has 2 heterocycles. The molecule has 4 nitrogen and oxygen atoms in total. The Morgan fingerprint density at radius 3 is 2.68 bits per heavy atom. The standard InChI is InChI=1S/C15H20N4/c1-3-7-17-15-11-14(6-10-18-15)19-12(2)13-4-8-16-9-5-13/h4-6,8-12H,3,7H2,1-2H3,(H2,17,18,19). The molecule has 1 atom stereocenters. The maximum Gasteiger partial charge on any atom is 0.127 e. The zero-order valence-electron chi connectivity index (χ0n) is 11.4. The lowest BCUT2D eigenvalue weighted by Gasteiger charge is -2.16. The molecule has 2 aromatic rings. The minimum atomic E-state index is 0.240. The third-order valence-electron chi connectivity index (χ3n) is 2.91. The van der Waals surface area contributed by atoms with Crippen LogP contribution in [0.25, 0.3) is 0 Å². The number of aromatic nitrogens is 2. The molecule has 2 N–H and O–H groups in total. The van der Waals surface area contributed by atoms with Gasteiger partial charge in [-0.25, -0.2) is 4.98 Å². The SMILES string of the molecule is CCCNc1cc(NC(C)c2ccncc2)ccn1. The Hall–Kier alpha value is -2.10. The predicted octanol–water partition coefficient (Wildman–Crippen LogP) is 3.47. The molecular weight excluding hydrogens is 236 g/mol. The Kier molecular flexibility index (Phi) is 4.72. The molecule has 0 aliphatic rings. The summed E-state index contributed by atoms with van der Waals surface area (Å²) in [5.41, 5.74) is 2.28. The van der Waals surface area contributed by atoms with E-state index in [0.717, 1.165) is 24.5 Å². The second kappa shape index (κ2) is 6.73. The number of nitrogens with zero attached hydrogens (tertiary/aromatic N) is 2. The van der Waals surface area contributed by atoms with Crippen molar-refractivity contribution in [1.82, 2.24) is 9.97 Å². The average molecular weight is 256 g/mol. The van der Waals surface area contributed by atoms with Gasteiger partial charge in [-0.3, -0.25) is 4.98 Å². The second-order valence-corrected chi connectivity index (χ2v) is 4.50. The maximum atomic E-state index is 4.30. The fourth-order valence-corrected chi connectivity index (χ4v) is 1.86. The van der Waals surface area contributed by atoms with E-state index in [1.165, 1.54) is 5.56 Å². The molecule has 2 aromatic heterocycles. The van der Waals surface area contributed by atoms with Gasteiger partial charge in [0.25, 0.3) is 0 Å². The Balaban J connectivity index is 2.02. The Morgan fingerprint density at radius 1 is 1.16 bits per heavy atom. The van der Waals surface area contributed by atoms with Crippen LogP contribution in [0.3, 0.4) is 0 Å². The number of nitrogens with one attached hydrogen (secondary N) is 2. The summed E-state index contributed by atoms with van der Waals surface area (Å²) >= 11 is 0. The summed E-state index contributed by atoms with van der Waals surface area (Å²) in [6, 6.07) is 8.30. The van der Waals surface area contributed by atoms with Crippen LogP contribution in [0.5, 0.6) is 0 Å². The lowest BCUT2D eigenvalue weighted by molar-refractivity contribution is 0.879. The van der Waals surface area contributed by atoms with Crippen LogP contribution in [-0.2, 0) is 0 Å². The van der Waals surface area contributed by atoms with Crippen molar-refractivity contribution in [1.29, 1.82) is 0 Å². The van der Waals surface area contributed by atoms with Gasteiger partial charge in [0.2, 0.25) is 0 Å². The van der Waals surface area contributed by atoms with Crippen LogP contribution in [0.2, 0.25) is 0 Å². The molecule has 0 saturated heterocycles. The van der Waals surface area contributed by atoms with Gasteiger partial charge < -0.3 is 10.6 Å². The molecule has 2 rings (SSSR count). The summed E-state index contributed by atoms with van der Waals surface area (Å²) in [4.78, 5) is 8.33. The molecule has 0 amide bonds. The average Bonchev–Trinajstić information content (AvgIpc) is 2.46.